The number of benzene rings is 3. The Bertz CT molecular complexity index is 1510. The molecule has 0 bridgehead atoms. The Balaban J connectivity index is 1.69. The van der Waals surface area contributed by atoms with E-state index in [4.69, 9.17) is 39.2 Å². The van der Waals surface area contributed by atoms with Crippen molar-refractivity contribution in [1.82, 2.24) is 0 Å². The average molecular weight is 517 g/mol. The highest BCUT2D eigenvalue weighted by atomic mass is 35.5. The Morgan fingerprint density at radius 2 is 1.65 bits per heavy atom. The van der Waals surface area contributed by atoms with Crippen molar-refractivity contribution in [2.45, 2.75) is 6.04 Å². The Hall–Kier alpha value is -3.32. The number of hydrogen-bond acceptors (Lipinski definition) is 4. The fourth-order valence-corrected chi connectivity index (χ4v) is 4.73. The first kappa shape index (κ1) is 22.5. The average Bonchev–Trinajstić information content (AvgIpc) is 3.31. The highest BCUT2D eigenvalue weighted by Crippen LogP contribution is 2.44. The third-order valence-corrected chi connectivity index (χ3v) is 6.15. The number of aliphatic hydroxyl groups excluding tert-OH is 1. The number of rotatable bonds is 4. The first-order valence-electron chi connectivity index (χ1n) is 9.95. The van der Waals surface area contributed by atoms with Crippen LogP contribution in [0.2, 0.25) is 15.1 Å². The lowest BCUT2D eigenvalue weighted by atomic mass is 9.94. The second-order valence-electron chi connectivity index (χ2n) is 7.61. The molecule has 34 heavy (non-hydrogen) atoms. The van der Waals surface area contributed by atoms with Crippen LogP contribution >= 0.6 is 34.8 Å². The van der Waals surface area contributed by atoms with Crippen LogP contribution in [0, 0.1) is 5.82 Å². The van der Waals surface area contributed by atoms with Gasteiger partial charge in [-0.2, -0.15) is 0 Å². The molecule has 1 atom stereocenters. The number of Topliss-reactive ketones (excluding diaryl/α,β-unsaturated/α-hetero) is 1. The van der Waals surface area contributed by atoms with Crippen LogP contribution in [0.5, 0.6) is 0 Å². The molecular weight excluding hydrogens is 504 g/mol. The molecule has 0 fully saturated rings. The van der Waals surface area contributed by atoms with E-state index in [2.05, 4.69) is 0 Å². The third kappa shape index (κ3) is 3.74. The van der Waals surface area contributed by atoms with Crippen LogP contribution in [0.3, 0.4) is 0 Å². The summed E-state index contributed by atoms with van der Waals surface area (Å²) >= 11 is 18.3. The minimum absolute atomic E-state index is 0.00139. The van der Waals surface area contributed by atoms with E-state index in [1.807, 2.05) is 0 Å². The van der Waals surface area contributed by atoms with E-state index in [0.29, 0.717) is 16.0 Å². The summed E-state index contributed by atoms with van der Waals surface area (Å²) in [5, 5.41) is 12.3. The molecule has 5 rings (SSSR count). The van der Waals surface area contributed by atoms with E-state index in [9.17, 15) is 19.1 Å². The Morgan fingerprint density at radius 1 is 0.941 bits per heavy atom. The lowest BCUT2D eigenvalue weighted by Gasteiger charge is -2.27. The van der Waals surface area contributed by atoms with Crippen molar-refractivity contribution < 1.29 is 23.5 Å². The molecule has 2 heterocycles. The summed E-state index contributed by atoms with van der Waals surface area (Å²) in [7, 11) is 0. The lowest BCUT2D eigenvalue weighted by molar-refractivity contribution is -0.117. The van der Waals surface area contributed by atoms with Gasteiger partial charge in [0, 0.05) is 31.7 Å². The predicted octanol–water partition coefficient (Wildman–Crippen LogP) is 7.32. The van der Waals surface area contributed by atoms with Crippen LogP contribution in [0.4, 0.5) is 10.1 Å². The van der Waals surface area contributed by atoms with E-state index in [1.165, 1.54) is 42.5 Å². The van der Waals surface area contributed by atoms with Gasteiger partial charge >= 0.3 is 0 Å². The maximum Gasteiger partial charge on any atom is 0.294 e. The van der Waals surface area contributed by atoms with Crippen molar-refractivity contribution in [3.63, 3.8) is 0 Å². The fourth-order valence-electron chi connectivity index (χ4n) is 4.03. The smallest absolute Gasteiger partial charge is 0.294 e. The van der Waals surface area contributed by atoms with Crippen LogP contribution in [0.15, 0.2) is 82.5 Å². The predicted molar refractivity (Wildman–Crippen MR) is 128 cm³/mol. The first-order chi connectivity index (χ1) is 16.2. The molecule has 1 aliphatic rings. The number of halogens is 4. The van der Waals surface area contributed by atoms with Crippen LogP contribution in [-0.4, -0.2) is 16.8 Å². The number of carbonyl (C=O) groups is 2. The molecule has 1 unspecified atom stereocenters. The zero-order chi connectivity index (χ0) is 24.1. The minimum Gasteiger partial charge on any atom is -0.503 e. The molecule has 5 nitrogen and oxygen atoms in total. The molecule has 0 radical (unpaired) electrons. The molecule has 0 spiro atoms. The van der Waals surface area contributed by atoms with Gasteiger partial charge in [-0.25, -0.2) is 4.39 Å². The number of anilines is 1. The molecule has 1 aliphatic heterocycles. The van der Waals surface area contributed by atoms with Gasteiger partial charge in [-0.1, -0.05) is 53.0 Å². The van der Waals surface area contributed by atoms with Crippen LogP contribution in [0.1, 0.15) is 22.2 Å². The highest BCUT2D eigenvalue weighted by Gasteiger charge is 2.46. The molecular formula is C25H13Cl3FNO4. The fraction of sp³-hybridized carbons (Fsp3) is 0.0400. The number of hydrogen-bond donors (Lipinski definition) is 1. The minimum atomic E-state index is -1.30. The molecule has 1 amide bonds. The van der Waals surface area contributed by atoms with Crippen molar-refractivity contribution >= 4 is 63.1 Å². The van der Waals surface area contributed by atoms with Gasteiger partial charge in [0.15, 0.2) is 11.5 Å². The van der Waals surface area contributed by atoms with Crippen molar-refractivity contribution in [3.05, 3.63) is 110 Å². The van der Waals surface area contributed by atoms with E-state index in [0.717, 1.165) is 4.90 Å². The third-order valence-electron chi connectivity index (χ3n) is 5.48. The summed E-state index contributed by atoms with van der Waals surface area (Å²) in [6.45, 7) is 0. The zero-order valence-electron chi connectivity index (χ0n) is 17.1. The van der Waals surface area contributed by atoms with Gasteiger partial charge in [0.1, 0.15) is 11.4 Å². The molecule has 0 saturated heterocycles. The molecule has 1 N–H and O–H groups in total. The Kier molecular flexibility index (Phi) is 5.60. The van der Waals surface area contributed by atoms with E-state index < -0.39 is 29.3 Å². The zero-order valence-corrected chi connectivity index (χ0v) is 19.3. The number of aliphatic hydroxyl groups is 1. The highest BCUT2D eigenvalue weighted by molar-refractivity contribution is 6.35. The van der Waals surface area contributed by atoms with Crippen LogP contribution < -0.4 is 4.90 Å². The molecule has 4 aromatic rings. The molecule has 0 saturated carbocycles. The monoisotopic (exact) mass is 515 g/mol. The largest absolute Gasteiger partial charge is 0.503 e. The van der Waals surface area contributed by atoms with E-state index in [1.54, 1.807) is 24.3 Å². The summed E-state index contributed by atoms with van der Waals surface area (Å²) in [4.78, 5) is 27.8. The van der Waals surface area contributed by atoms with Crippen LogP contribution in [-0.2, 0) is 4.79 Å². The van der Waals surface area contributed by atoms with E-state index in [-0.39, 0.29) is 32.6 Å². The van der Waals surface area contributed by atoms with Gasteiger partial charge in [-0.3, -0.25) is 14.5 Å². The quantitative estimate of drug-likeness (QED) is 0.289. The number of amides is 1. The maximum absolute atomic E-state index is 15.0. The molecule has 9 heteroatoms. The molecule has 1 aromatic heterocycles. The summed E-state index contributed by atoms with van der Waals surface area (Å²) in [6.07, 6.45) is 0. The number of nitrogens with zero attached hydrogens (tertiary/aromatic N) is 1. The number of ketones is 1. The normalized spacial score (nSPS) is 16.1. The summed E-state index contributed by atoms with van der Waals surface area (Å²) in [5.41, 5.74) is 0.231. The Morgan fingerprint density at radius 3 is 2.35 bits per heavy atom. The summed E-state index contributed by atoms with van der Waals surface area (Å²) in [5.74, 6) is -3.32. The number of furan rings is 1. The first-order valence-corrected chi connectivity index (χ1v) is 11.1. The van der Waals surface area contributed by atoms with Gasteiger partial charge in [0.25, 0.3) is 5.91 Å². The van der Waals surface area contributed by atoms with Crippen molar-refractivity contribution in [1.29, 1.82) is 0 Å². The van der Waals surface area contributed by atoms with Gasteiger partial charge in [-0.05, 0) is 48.5 Å². The second-order valence-corrected chi connectivity index (χ2v) is 8.92. The van der Waals surface area contributed by atoms with E-state index >= 15 is 0 Å². The van der Waals surface area contributed by atoms with Crippen LogP contribution in [0.25, 0.3) is 11.0 Å². The standard InChI is InChI=1S/C25H13Cl3FNO4/c26-13-5-6-19-12(7-13)8-20(34-19)23(31)21-22(17-3-1-2-4-18(17)29)30(25(33)24(21)32)16-10-14(27)9-15(28)11-16/h1-11,22,32H. The second kappa shape index (κ2) is 8.47. The van der Waals surface area contributed by atoms with Crippen molar-refractivity contribution in [2.24, 2.45) is 0 Å². The molecule has 0 aliphatic carbocycles. The Labute approximate surface area is 207 Å². The molecule has 3 aromatic carbocycles. The number of carbonyl (C=O) groups excluding carboxylic acids is 2. The molecule has 170 valence electrons. The van der Waals surface area contributed by atoms with Gasteiger partial charge in [-0.15, -0.1) is 0 Å². The number of fused-ring (bicyclic) bond motifs is 1. The van der Waals surface area contributed by atoms with Crippen molar-refractivity contribution in [2.75, 3.05) is 4.90 Å². The topological polar surface area (TPSA) is 70.8 Å². The maximum atomic E-state index is 15.0. The van der Waals surface area contributed by atoms with Gasteiger partial charge < -0.3 is 9.52 Å². The summed E-state index contributed by atoms with van der Waals surface area (Å²) < 4.78 is 20.6. The SMILES string of the molecule is O=C(C1=C(O)C(=O)N(c2cc(Cl)cc(Cl)c2)C1c1ccccc1F)c1cc2cc(Cl)ccc2o1. The van der Waals surface area contributed by atoms with Gasteiger partial charge in [0.2, 0.25) is 5.78 Å². The summed E-state index contributed by atoms with van der Waals surface area (Å²) in [6, 6.07) is 15.0. The van der Waals surface area contributed by atoms with Crippen molar-refractivity contribution in [3.8, 4) is 0 Å². The lowest BCUT2D eigenvalue weighted by Crippen LogP contribution is -2.31. The van der Waals surface area contributed by atoms with Gasteiger partial charge in [0.05, 0.1) is 11.6 Å².